The maximum absolute atomic E-state index is 9.53. The third kappa shape index (κ3) is 3.48. The van der Waals surface area contributed by atoms with Crippen LogP contribution in [0.4, 0.5) is 5.69 Å². The number of aliphatic hydroxyl groups excluding tert-OH is 1. The lowest BCUT2D eigenvalue weighted by Crippen LogP contribution is -2.38. The number of aliphatic hydroxyl groups is 1. The van der Waals surface area contributed by atoms with Crippen molar-refractivity contribution >= 4 is 5.69 Å². The van der Waals surface area contributed by atoms with Gasteiger partial charge in [0.1, 0.15) is 0 Å². The summed E-state index contributed by atoms with van der Waals surface area (Å²) in [5.74, 6) is 0. The fourth-order valence-corrected chi connectivity index (χ4v) is 2.95. The molecule has 1 aliphatic heterocycles. The second-order valence-corrected chi connectivity index (χ2v) is 5.57. The van der Waals surface area contributed by atoms with Crippen LogP contribution in [0.1, 0.15) is 38.4 Å². The van der Waals surface area contributed by atoms with Gasteiger partial charge in [0.2, 0.25) is 0 Å². The molecule has 3 nitrogen and oxygen atoms in total. The van der Waals surface area contributed by atoms with Crippen molar-refractivity contribution < 1.29 is 5.11 Å². The van der Waals surface area contributed by atoms with Crippen molar-refractivity contribution in [2.45, 2.75) is 38.8 Å². The summed E-state index contributed by atoms with van der Waals surface area (Å²) in [4.78, 5) is 4.89. The first-order chi connectivity index (χ1) is 9.11. The maximum atomic E-state index is 9.53. The first-order valence-electron chi connectivity index (χ1n) is 7.35. The summed E-state index contributed by atoms with van der Waals surface area (Å²) in [7, 11) is 2.16. The zero-order valence-electron chi connectivity index (χ0n) is 12.3. The third-order valence-corrected chi connectivity index (χ3v) is 4.21. The van der Waals surface area contributed by atoms with Crippen LogP contribution < -0.4 is 4.90 Å². The van der Waals surface area contributed by atoms with Crippen LogP contribution >= 0.6 is 0 Å². The van der Waals surface area contributed by atoms with E-state index in [4.69, 9.17) is 0 Å². The Morgan fingerprint density at radius 1 is 1.37 bits per heavy atom. The predicted octanol–water partition coefficient (Wildman–Crippen LogP) is 2.66. The normalized spacial score (nSPS) is 21.6. The van der Waals surface area contributed by atoms with Gasteiger partial charge >= 0.3 is 0 Å². The summed E-state index contributed by atoms with van der Waals surface area (Å²) in [5.41, 5.74) is 2.21. The van der Waals surface area contributed by atoms with Crippen LogP contribution in [0.15, 0.2) is 24.3 Å². The monoisotopic (exact) mass is 262 g/mol. The molecule has 3 heteroatoms. The zero-order valence-corrected chi connectivity index (χ0v) is 12.3. The van der Waals surface area contributed by atoms with Gasteiger partial charge in [-0.05, 0) is 50.6 Å². The Bertz CT molecular complexity index is 388. The van der Waals surface area contributed by atoms with Crippen molar-refractivity contribution in [2.24, 2.45) is 0 Å². The summed E-state index contributed by atoms with van der Waals surface area (Å²) in [6.45, 7) is 7.53. The summed E-state index contributed by atoms with van der Waals surface area (Å²) >= 11 is 0. The van der Waals surface area contributed by atoms with Crippen molar-refractivity contribution in [1.29, 1.82) is 0 Å². The molecule has 1 aromatic carbocycles. The molecular weight excluding hydrogens is 236 g/mol. The average Bonchev–Trinajstić information content (AvgIpc) is 2.86. The van der Waals surface area contributed by atoms with E-state index in [1.54, 1.807) is 6.92 Å². The molecule has 2 rings (SSSR count). The number of anilines is 1. The van der Waals surface area contributed by atoms with Crippen LogP contribution in [-0.4, -0.2) is 42.7 Å². The first-order valence-corrected chi connectivity index (χ1v) is 7.35. The molecule has 0 aromatic heterocycles. The van der Waals surface area contributed by atoms with Crippen LogP contribution in [0.5, 0.6) is 0 Å². The Hall–Kier alpha value is -1.06. The van der Waals surface area contributed by atoms with E-state index in [1.807, 2.05) is 12.1 Å². The highest BCUT2D eigenvalue weighted by molar-refractivity contribution is 5.47. The van der Waals surface area contributed by atoms with E-state index in [-0.39, 0.29) is 6.10 Å². The van der Waals surface area contributed by atoms with Crippen molar-refractivity contribution in [2.75, 3.05) is 31.6 Å². The highest BCUT2D eigenvalue weighted by Crippen LogP contribution is 2.22. The minimum atomic E-state index is -0.384. The highest BCUT2D eigenvalue weighted by atomic mass is 16.3. The second kappa shape index (κ2) is 6.40. The molecule has 1 aliphatic rings. The fraction of sp³-hybridized carbons (Fsp3) is 0.625. The van der Waals surface area contributed by atoms with Gasteiger partial charge in [0.25, 0.3) is 0 Å². The second-order valence-electron chi connectivity index (χ2n) is 5.57. The molecule has 0 amide bonds. The minimum absolute atomic E-state index is 0.384. The maximum Gasteiger partial charge on any atom is 0.0761 e. The lowest BCUT2D eigenvalue weighted by Gasteiger charge is -2.29. The summed E-state index contributed by atoms with van der Waals surface area (Å²) in [6, 6.07) is 8.93. The molecule has 106 valence electrons. The first kappa shape index (κ1) is 14.4. The van der Waals surface area contributed by atoms with E-state index in [0.29, 0.717) is 6.04 Å². The fourth-order valence-electron chi connectivity index (χ4n) is 2.95. The quantitative estimate of drug-likeness (QED) is 0.884. The number of benzene rings is 1. The van der Waals surface area contributed by atoms with Gasteiger partial charge in [0.15, 0.2) is 0 Å². The van der Waals surface area contributed by atoms with Crippen LogP contribution in [0, 0.1) is 0 Å². The average molecular weight is 262 g/mol. The van der Waals surface area contributed by atoms with E-state index in [1.165, 1.54) is 25.1 Å². The van der Waals surface area contributed by atoms with E-state index in [2.05, 4.69) is 35.9 Å². The number of likely N-dealkylation sites (tertiary alicyclic amines) is 1. The number of hydrogen-bond donors (Lipinski definition) is 1. The van der Waals surface area contributed by atoms with E-state index in [9.17, 15) is 5.11 Å². The number of rotatable bonds is 5. The topological polar surface area (TPSA) is 26.7 Å². The van der Waals surface area contributed by atoms with E-state index < -0.39 is 0 Å². The molecule has 1 heterocycles. The summed E-state index contributed by atoms with van der Waals surface area (Å²) < 4.78 is 0. The Morgan fingerprint density at radius 2 is 2.05 bits per heavy atom. The lowest BCUT2D eigenvalue weighted by atomic mass is 10.1. The van der Waals surface area contributed by atoms with Crippen LogP contribution in [0.2, 0.25) is 0 Å². The number of nitrogens with zero attached hydrogens (tertiary/aromatic N) is 2. The van der Waals surface area contributed by atoms with Gasteiger partial charge in [-0.15, -0.1) is 0 Å². The Labute approximate surface area is 116 Å². The molecule has 19 heavy (non-hydrogen) atoms. The zero-order chi connectivity index (χ0) is 13.8. The number of hydrogen-bond acceptors (Lipinski definition) is 3. The lowest BCUT2D eigenvalue weighted by molar-refractivity contribution is 0.199. The van der Waals surface area contributed by atoms with Crippen molar-refractivity contribution in [1.82, 2.24) is 4.90 Å². The van der Waals surface area contributed by atoms with Crippen LogP contribution in [0.3, 0.4) is 0 Å². The molecule has 0 radical (unpaired) electrons. The molecule has 1 N–H and O–H groups in total. The van der Waals surface area contributed by atoms with Gasteiger partial charge < -0.3 is 10.0 Å². The third-order valence-electron chi connectivity index (χ3n) is 4.21. The van der Waals surface area contributed by atoms with Gasteiger partial charge in [-0.3, -0.25) is 4.90 Å². The molecule has 1 fully saturated rings. The summed E-state index contributed by atoms with van der Waals surface area (Å²) in [6.07, 6.45) is 2.25. The molecule has 1 aromatic rings. The molecule has 0 bridgehead atoms. The van der Waals surface area contributed by atoms with Gasteiger partial charge in [-0.2, -0.15) is 0 Å². The largest absolute Gasteiger partial charge is 0.389 e. The molecule has 0 aliphatic carbocycles. The summed E-state index contributed by atoms with van der Waals surface area (Å²) in [5, 5.41) is 9.53. The van der Waals surface area contributed by atoms with Gasteiger partial charge in [0, 0.05) is 25.3 Å². The highest BCUT2D eigenvalue weighted by Gasteiger charge is 2.24. The van der Waals surface area contributed by atoms with Gasteiger partial charge in [0.05, 0.1) is 6.10 Å². The number of likely N-dealkylation sites (N-methyl/N-ethyl adjacent to an activating group) is 2. The minimum Gasteiger partial charge on any atom is -0.389 e. The van der Waals surface area contributed by atoms with Crippen molar-refractivity contribution in [3.8, 4) is 0 Å². The van der Waals surface area contributed by atoms with Crippen LogP contribution in [-0.2, 0) is 0 Å². The van der Waals surface area contributed by atoms with Gasteiger partial charge in [-0.1, -0.05) is 19.1 Å². The molecule has 2 atom stereocenters. The standard InChI is InChI=1S/C16H26N2O/c1-4-18-11-5-6-16(18)12-17(3)15-9-7-14(8-10-15)13(2)19/h7-10,13,16,19H,4-6,11-12H2,1-3H3/t13-,16?/m1/s1. The van der Waals surface area contributed by atoms with E-state index >= 15 is 0 Å². The smallest absolute Gasteiger partial charge is 0.0761 e. The Morgan fingerprint density at radius 3 is 2.63 bits per heavy atom. The Kier molecular flexibility index (Phi) is 4.83. The van der Waals surface area contributed by atoms with E-state index in [0.717, 1.165) is 18.7 Å². The van der Waals surface area contributed by atoms with Crippen LogP contribution in [0.25, 0.3) is 0 Å². The molecule has 0 saturated carbocycles. The predicted molar refractivity (Wildman–Crippen MR) is 80.6 cm³/mol. The van der Waals surface area contributed by atoms with Gasteiger partial charge in [-0.25, -0.2) is 0 Å². The molecule has 1 unspecified atom stereocenters. The Balaban J connectivity index is 1.97. The molecule has 0 spiro atoms. The SMILES string of the molecule is CCN1CCCC1CN(C)c1ccc([C@@H](C)O)cc1. The van der Waals surface area contributed by atoms with Crippen molar-refractivity contribution in [3.63, 3.8) is 0 Å². The molecular formula is C16H26N2O. The van der Waals surface area contributed by atoms with Crippen molar-refractivity contribution in [3.05, 3.63) is 29.8 Å². The molecule has 1 saturated heterocycles.